The summed E-state index contributed by atoms with van der Waals surface area (Å²) in [6, 6.07) is 5.72. The van der Waals surface area contributed by atoms with Crippen molar-refractivity contribution < 1.29 is 9.15 Å². The first-order chi connectivity index (χ1) is 7.88. The number of aromatic nitrogens is 2. The smallest absolute Gasteiger partial charge is 0.148 e. The quantitative estimate of drug-likeness (QED) is 0.807. The van der Waals surface area contributed by atoms with Gasteiger partial charge in [0.2, 0.25) is 0 Å². The molecule has 0 atom stereocenters. The van der Waals surface area contributed by atoms with Crippen LogP contribution in [0.5, 0.6) is 0 Å². The fourth-order valence-electron chi connectivity index (χ4n) is 1.36. The third-order valence-corrected chi connectivity index (χ3v) is 2.19. The molecule has 86 valence electrons. The van der Waals surface area contributed by atoms with Crippen LogP contribution in [-0.4, -0.2) is 23.5 Å². The normalized spacial score (nSPS) is 10.6. The fraction of sp³-hybridized carbons (Fsp3) is 0.364. The van der Waals surface area contributed by atoms with Gasteiger partial charge in [-0.3, -0.25) is 4.68 Å². The Morgan fingerprint density at radius 1 is 1.50 bits per heavy atom. The van der Waals surface area contributed by atoms with E-state index in [1.807, 2.05) is 29.1 Å². The van der Waals surface area contributed by atoms with Crippen molar-refractivity contribution in [1.82, 2.24) is 9.78 Å². The Balaban J connectivity index is 1.83. The Bertz CT molecular complexity index is 409. The van der Waals surface area contributed by atoms with Crippen molar-refractivity contribution in [2.45, 2.75) is 13.1 Å². The molecule has 0 amide bonds. The second-order valence-corrected chi connectivity index (χ2v) is 3.39. The standard InChI is InChI=1S/C11H15N3O2/c1-15-8-6-14-5-4-11(13-14)12-9-10-3-2-7-16-10/h2-5,7H,6,8-9H2,1H3,(H,12,13). The second-order valence-electron chi connectivity index (χ2n) is 3.39. The molecular weight excluding hydrogens is 206 g/mol. The van der Waals surface area contributed by atoms with E-state index in [4.69, 9.17) is 9.15 Å². The van der Waals surface area contributed by atoms with Gasteiger partial charge in [-0.25, -0.2) is 0 Å². The van der Waals surface area contributed by atoms with Crippen LogP contribution in [0.4, 0.5) is 5.82 Å². The molecule has 0 aliphatic rings. The highest BCUT2D eigenvalue weighted by molar-refractivity contribution is 5.32. The molecule has 0 spiro atoms. The lowest BCUT2D eigenvalue weighted by atomic mass is 10.4. The van der Waals surface area contributed by atoms with Gasteiger partial charge in [-0.05, 0) is 12.1 Å². The Morgan fingerprint density at radius 2 is 2.44 bits per heavy atom. The first-order valence-corrected chi connectivity index (χ1v) is 5.17. The van der Waals surface area contributed by atoms with Crippen LogP contribution in [0.15, 0.2) is 35.1 Å². The number of hydrogen-bond donors (Lipinski definition) is 1. The number of methoxy groups -OCH3 is 1. The summed E-state index contributed by atoms with van der Waals surface area (Å²) in [5.41, 5.74) is 0. The molecule has 2 heterocycles. The summed E-state index contributed by atoms with van der Waals surface area (Å²) in [6.07, 6.45) is 3.58. The Hall–Kier alpha value is -1.75. The minimum absolute atomic E-state index is 0.647. The number of hydrogen-bond acceptors (Lipinski definition) is 4. The van der Waals surface area contributed by atoms with E-state index in [0.29, 0.717) is 13.2 Å². The maximum Gasteiger partial charge on any atom is 0.148 e. The zero-order valence-electron chi connectivity index (χ0n) is 9.22. The maximum absolute atomic E-state index is 5.21. The van der Waals surface area contributed by atoms with E-state index < -0.39 is 0 Å². The van der Waals surface area contributed by atoms with Crippen molar-refractivity contribution in [1.29, 1.82) is 0 Å². The van der Waals surface area contributed by atoms with Crippen molar-refractivity contribution in [2.24, 2.45) is 0 Å². The lowest BCUT2D eigenvalue weighted by molar-refractivity contribution is 0.183. The first kappa shape index (κ1) is 10.8. The molecule has 0 aliphatic heterocycles. The summed E-state index contributed by atoms with van der Waals surface area (Å²) in [7, 11) is 1.68. The van der Waals surface area contributed by atoms with Crippen molar-refractivity contribution in [3.63, 3.8) is 0 Å². The lowest BCUT2D eigenvalue weighted by Gasteiger charge is -2.01. The molecular formula is C11H15N3O2. The summed E-state index contributed by atoms with van der Waals surface area (Å²) in [6.45, 7) is 2.08. The van der Waals surface area contributed by atoms with E-state index in [-0.39, 0.29) is 0 Å². The molecule has 0 radical (unpaired) electrons. The molecule has 0 aliphatic carbocycles. The Labute approximate surface area is 94.0 Å². The van der Waals surface area contributed by atoms with Crippen LogP contribution in [-0.2, 0) is 17.8 Å². The zero-order valence-corrected chi connectivity index (χ0v) is 9.22. The number of furan rings is 1. The van der Waals surface area contributed by atoms with E-state index in [9.17, 15) is 0 Å². The third-order valence-electron chi connectivity index (χ3n) is 2.19. The molecule has 1 N–H and O–H groups in total. The lowest BCUT2D eigenvalue weighted by Crippen LogP contribution is -2.06. The van der Waals surface area contributed by atoms with Crippen molar-refractivity contribution in [2.75, 3.05) is 19.0 Å². The van der Waals surface area contributed by atoms with Crippen molar-refractivity contribution in [3.05, 3.63) is 36.4 Å². The van der Waals surface area contributed by atoms with Gasteiger partial charge in [0, 0.05) is 19.4 Å². The van der Waals surface area contributed by atoms with Gasteiger partial charge >= 0.3 is 0 Å². The fourth-order valence-corrected chi connectivity index (χ4v) is 1.36. The van der Waals surface area contributed by atoms with Gasteiger partial charge < -0.3 is 14.5 Å². The predicted molar refractivity (Wildman–Crippen MR) is 60.1 cm³/mol. The SMILES string of the molecule is COCCn1ccc(NCc2ccco2)n1. The first-order valence-electron chi connectivity index (χ1n) is 5.17. The monoisotopic (exact) mass is 221 g/mol. The van der Waals surface area contributed by atoms with E-state index >= 15 is 0 Å². The van der Waals surface area contributed by atoms with Crippen LogP contribution in [0.1, 0.15) is 5.76 Å². The van der Waals surface area contributed by atoms with E-state index in [1.54, 1.807) is 13.4 Å². The Morgan fingerprint density at radius 3 is 3.19 bits per heavy atom. The highest BCUT2D eigenvalue weighted by Gasteiger charge is 1.99. The van der Waals surface area contributed by atoms with Crippen LogP contribution in [0.2, 0.25) is 0 Å². The molecule has 0 unspecified atom stereocenters. The minimum Gasteiger partial charge on any atom is -0.467 e. The molecule has 2 aromatic rings. The zero-order chi connectivity index (χ0) is 11.2. The molecule has 0 aromatic carbocycles. The van der Waals surface area contributed by atoms with Gasteiger partial charge in [0.15, 0.2) is 0 Å². The maximum atomic E-state index is 5.21. The third kappa shape index (κ3) is 2.87. The van der Waals surface area contributed by atoms with E-state index in [2.05, 4.69) is 10.4 Å². The number of nitrogens with zero attached hydrogens (tertiary/aromatic N) is 2. The van der Waals surface area contributed by atoms with Crippen LogP contribution in [0.3, 0.4) is 0 Å². The summed E-state index contributed by atoms with van der Waals surface area (Å²) in [5.74, 6) is 1.74. The van der Waals surface area contributed by atoms with Gasteiger partial charge in [0.1, 0.15) is 11.6 Å². The molecule has 5 heteroatoms. The second kappa shape index (κ2) is 5.37. The van der Waals surface area contributed by atoms with Crippen LogP contribution >= 0.6 is 0 Å². The van der Waals surface area contributed by atoms with Gasteiger partial charge in [-0.1, -0.05) is 0 Å². The number of nitrogens with one attached hydrogen (secondary N) is 1. The van der Waals surface area contributed by atoms with Gasteiger partial charge in [0.05, 0.1) is 26.0 Å². The molecule has 5 nitrogen and oxygen atoms in total. The predicted octanol–water partition coefficient (Wildman–Crippen LogP) is 1.73. The molecule has 0 saturated carbocycles. The largest absolute Gasteiger partial charge is 0.467 e. The highest BCUT2D eigenvalue weighted by atomic mass is 16.5. The number of anilines is 1. The summed E-state index contributed by atoms with van der Waals surface area (Å²) >= 11 is 0. The summed E-state index contributed by atoms with van der Waals surface area (Å²) < 4.78 is 12.0. The topological polar surface area (TPSA) is 52.2 Å². The number of rotatable bonds is 6. The van der Waals surface area contributed by atoms with E-state index in [0.717, 1.165) is 18.1 Å². The molecule has 0 saturated heterocycles. The summed E-state index contributed by atoms with van der Waals surface area (Å²) in [4.78, 5) is 0. The molecule has 2 rings (SSSR count). The van der Waals surface area contributed by atoms with Crippen molar-refractivity contribution >= 4 is 5.82 Å². The molecule has 16 heavy (non-hydrogen) atoms. The molecule has 0 fully saturated rings. The molecule has 0 bridgehead atoms. The number of ether oxygens (including phenoxy) is 1. The van der Waals surface area contributed by atoms with Crippen molar-refractivity contribution in [3.8, 4) is 0 Å². The van der Waals surface area contributed by atoms with Crippen LogP contribution in [0, 0.1) is 0 Å². The van der Waals surface area contributed by atoms with Gasteiger partial charge in [-0.2, -0.15) is 5.10 Å². The van der Waals surface area contributed by atoms with E-state index in [1.165, 1.54) is 0 Å². The van der Waals surface area contributed by atoms with Gasteiger partial charge in [-0.15, -0.1) is 0 Å². The average molecular weight is 221 g/mol. The van der Waals surface area contributed by atoms with Crippen LogP contribution in [0.25, 0.3) is 0 Å². The average Bonchev–Trinajstić information content (AvgIpc) is 2.95. The van der Waals surface area contributed by atoms with Gasteiger partial charge in [0.25, 0.3) is 0 Å². The highest BCUT2D eigenvalue weighted by Crippen LogP contribution is 2.06. The Kier molecular flexibility index (Phi) is 3.61. The van der Waals surface area contributed by atoms with Crippen LogP contribution < -0.4 is 5.32 Å². The summed E-state index contributed by atoms with van der Waals surface area (Å²) in [5, 5.41) is 7.51. The minimum atomic E-state index is 0.647. The molecule has 2 aromatic heterocycles.